The van der Waals surface area contributed by atoms with E-state index in [4.69, 9.17) is 9.47 Å². The zero-order chi connectivity index (χ0) is 20.4. The van der Waals surface area contributed by atoms with E-state index in [1.54, 1.807) is 0 Å². The first-order chi connectivity index (χ1) is 13.3. The molecule has 3 rings (SSSR count). The summed E-state index contributed by atoms with van der Waals surface area (Å²) in [4.78, 5) is 12.9. The van der Waals surface area contributed by atoms with E-state index >= 15 is 0 Å². The van der Waals surface area contributed by atoms with Crippen LogP contribution in [0.5, 0.6) is 11.5 Å². The topological polar surface area (TPSA) is 59.3 Å². The SMILES string of the molecule is CC(C)=COC(=O)C1([C@H](C#N)c2cccc(Oc3ccccc3)c2)CC1(C)C. The van der Waals surface area contributed by atoms with E-state index < -0.39 is 11.3 Å². The number of carbonyl (C=O) groups excluding carboxylic acids is 1. The van der Waals surface area contributed by atoms with Crippen LogP contribution in [0.25, 0.3) is 0 Å². The molecule has 0 bridgehead atoms. The van der Waals surface area contributed by atoms with Crippen molar-refractivity contribution in [2.75, 3.05) is 0 Å². The fourth-order valence-corrected chi connectivity index (χ4v) is 3.74. The standard InChI is InChI=1S/C24H25NO3/c1-17(2)15-27-22(26)24(16-23(24,3)4)21(14-25)18-9-8-12-20(13-18)28-19-10-6-5-7-11-19/h5-13,15,21H,16H2,1-4H3/t21-,24?/m1/s1. The molecule has 0 radical (unpaired) electrons. The lowest BCUT2D eigenvalue weighted by Crippen LogP contribution is -2.29. The maximum atomic E-state index is 12.9. The Morgan fingerprint density at radius 2 is 1.75 bits per heavy atom. The predicted octanol–water partition coefficient (Wildman–Crippen LogP) is 5.97. The van der Waals surface area contributed by atoms with Gasteiger partial charge in [0, 0.05) is 0 Å². The van der Waals surface area contributed by atoms with Gasteiger partial charge < -0.3 is 9.47 Å². The van der Waals surface area contributed by atoms with Crippen LogP contribution in [0.4, 0.5) is 0 Å². The zero-order valence-electron chi connectivity index (χ0n) is 16.7. The lowest BCUT2D eigenvalue weighted by molar-refractivity contribution is -0.146. The van der Waals surface area contributed by atoms with Crippen molar-refractivity contribution in [2.24, 2.45) is 10.8 Å². The Kier molecular flexibility index (Phi) is 5.29. The van der Waals surface area contributed by atoms with Crippen molar-refractivity contribution in [1.82, 2.24) is 0 Å². The molecule has 1 aliphatic rings. The van der Waals surface area contributed by atoms with Crippen LogP contribution < -0.4 is 4.74 Å². The van der Waals surface area contributed by atoms with Gasteiger partial charge in [0.05, 0.1) is 23.7 Å². The number of ether oxygens (including phenoxy) is 2. The number of nitriles is 1. The number of allylic oxidation sites excluding steroid dienone is 1. The van der Waals surface area contributed by atoms with Crippen LogP contribution in [-0.2, 0) is 9.53 Å². The second-order valence-corrected chi connectivity index (χ2v) is 8.18. The Balaban J connectivity index is 1.92. The van der Waals surface area contributed by atoms with Crippen molar-refractivity contribution in [3.8, 4) is 17.6 Å². The van der Waals surface area contributed by atoms with Crippen LogP contribution in [-0.4, -0.2) is 5.97 Å². The van der Waals surface area contributed by atoms with E-state index in [9.17, 15) is 10.1 Å². The molecule has 144 valence electrons. The number of hydrogen-bond acceptors (Lipinski definition) is 4. The molecule has 0 aromatic heterocycles. The molecule has 0 saturated heterocycles. The maximum absolute atomic E-state index is 12.9. The molecule has 2 aromatic rings. The summed E-state index contributed by atoms with van der Waals surface area (Å²) in [6.45, 7) is 7.74. The van der Waals surface area contributed by atoms with Gasteiger partial charge in [-0.3, -0.25) is 4.79 Å². The van der Waals surface area contributed by atoms with Crippen LogP contribution in [0.3, 0.4) is 0 Å². The third kappa shape index (κ3) is 3.66. The van der Waals surface area contributed by atoms with E-state index in [1.165, 1.54) is 6.26 Å². The summed E-state index contributed by atoms with van der Waals surface area (Å²) in [5, 5.41) is 9.98. The second kappa shape index (κ2) is 7.52. The number of para-hydroxylation sites is 1. The van der Waals surface area contributed by atoms with Gasteiger partial charge in [-0.05, 0) is 61.1 Å². The molecule has 0 heterocycles. The number of carbonyl (C=O) groups is 1. The molecule has 2 atom stereocenters. The molecule has 0 N–H and O–H groups in total. The van der Waals surface area contributed by atoms with Gasteiger partial charge in [-0.1, -0.05) is 44.2 Å². The molecule has 0 aliphatic heterocycles. The lowest BCUT2D eigenvalue weighted by Gasteiger charge is -2.24. The average Bonchev–Trinajstić information content (AvgIpc) is 3.24. The van der Waals surface area contributed by atoms with Gasteiger partial charge >= 0.3 is 5.97 Å². The van der Waals surface area contributed by atoms with E-state index in [-0.39, 0.29) is 11.4 Å². The van der Waals surface area contributed by atoms with Crippen LogP contribution in [0.15, 0.2) is 66.4 Å². The minimum Gasteiger partial charge on any atom is -0.457 e. The zero-order valence-corrected chi connectivity index (χ0v) is 16.7. The Morgan fingerprint density at radius 3 is 2.32 bits per heavy atom. The number of benzene rings is 2. The van der Waals surface area contributed by atoms with Crippen LogP contribution in [0, 0.1) is 22.2 Å². The van der Waals surface area contributed by atoms with Crippen molar-refractivity contribution < 1.29 is 14.3 Å². The molecule has 4 heteroatoms. The van der Waals surface area contributed by atoms with Gasteiger partial charge in [0.15, 0.2) is 0 Å². The minimum absolute atomic E-state index is 0.309. The van der Waals surface area contributed by atoms with E-state index in [0.717, 1.165) is 16.9 Å². The molecular weight excluding hydrogens is 350 g/mol. The number of rotatable bonds is 6. The second-order valence-electron chi connectivity index (χ2n) is 8.18. The van der Waals surface area contributed by atoms with Crippen molar-refractivity contribution >= 4 is 5.97 Å². The predicted molar refractivity (Wildman–Crippen MR) is 108 cm³/mol. The Hall–Kier alpha value is -3.06. The summed E-state index contributed by atoms with van der Waals surface area (Å²) in [5.74, 6) is 0.396. The molecule has 0 spiro atoms. The monoisotopic (exact) mass is 375 g/mol. The molecule has 1 unspecified atom stereocenters. The molecule has 1 fully saturated rings. The van der Waals surface area contributed by atoms with Gasteiger partial charge in [0.1, 0.15) is 11.5 Å². The molecule has 0 amide bonds. The average molecular weight is 375 g/mol. The molecule has 4 nitrogen and oxygen atoms in total. The summed E-state index contributed by atoms with van der Waals surface area (Å²) >= 11 is 0. The van der Waals surface area contributed by atoms with Gasteiger partial charge in [0.2, 0.25) is 0 Å². The van der Waals surface area contributed by atoms with Crippen LogP contribution in [0.2, 0.25) is 0 Å². The fraction of sp³-hybridized carbons (Fsp3) is 0.333. The Bertz CT molecular complexity index is 936. The summed E-state index contributed by atoms with van der Waals surface area (Å²) in [6, 6.07) is 19.2. The molecule has 1 aliphatic carbocycles. The quantitative estimate of drug-likeness (QED) is 0.461. The maximum Gasteiger partial charge on any atom is 0.319 e. The minimum atomic E-state index is -0.862. The summed E-state index contributed by atoms with van der Waals surface area (Å²) in [7, 11) is 0. The Labute approximate surface area is 166 Å². The van der Waals surface area contributed by atoms with Gasteiger partial charge in [-0.15, -0.1) is 0 Å². The van der Waals surface area contributed by atoms with Crippen molar-refractivity contribution in [3.05, 3.63) is 72.0 Å². The first-order valence-electron chi connectivity index (χ1n) is 9.37. The van der Waals surface area contributed by atoms with Crippen LogP contribution >= 0.6 is 0 Å². The van der Waals surface area contributed by atoms with E-state index in [0.29, 0.717) is 12.2 Å². The highest BCUT2D eigenvalue weighted by Crippen LogP contribution is 2.70. The lowest BCUT2D eigenvalue weighted by atomic mass is 9.79. The fourth-order valence-electron chi connectivity index (χ4n) is 3.74. The third-order valence-corrected chi connectivity index (χ3v) is 5.36. The number of esters is 1. The third-order valence-electron chi connectivity index (χ3n) is 5.36. The highest BCUT2D eigenvalue weighted by atomic mass is 16.5. The van der Waals surface area contributed by atoms with Gasteiger partial charge in [0.25, 0.3) is 0 Å². The molecule has 1 saturated carbocycles. The largest absolute Gasteiger partial charge is 0.457 e. The summed E-state index contributed by atoms with van der Waals surface area (Å²) in [5.41, 5.74) is 0.486. The number of nitrogens with zero attached hydrogens (tertiary/aromatic N) is 1. The normalized spacial score (nSPS) is 20.4. The summed E-state index contributed by atoms with van der Waals surface area (Å²) in [6.07, 6.45) is 2.07. The first-order valence-corrected chi connectivity index (χ1v) is 9.37. The van der Waals surface area contributed by atoms with Crippen molar-refractivity contribution in [2.45, 2.75) is 40.0 Å². The van der Waals surface area contributed by atoms with Crippen molar-refractivity contribution in [1.29, 1.82) is 5.26 Å². The molecular formula is C24H25NO3. The van der Waals surface area contributed by atoms with Crippen molar-refractivity contribution in [3.63, 3.8) is 0 Å². The highest BCUT2D eigenvalue weighted by Gasteiger charge is 2.71. The summed E-state index contributed by atoms with van der Waals surface area (Å²) < 4.78 is 11.3. The van der Waals surface area contributed by atoms with Crippen LogP contribution in [0.1, 0.15) is 45.6 Å². The first kappa shape index (κ1) is 19.7. The van der Waals surface area contributed by atoms with Gasteiger partial charge in [-0.25, -0.2) is 0 Å². The molecule has 28 heavy (non-hydrogen) atoms. The molecule has 2 aromatic carbocycles. The van der Waals surface area contributed by atoms with E-state index in [1.807, 2.05) is 82.3 Å². The highest BCUT2D eigenvalue weighted by molar-refractivity contribution is 5.84. The van der Waals surface area contributed by atoms with Gasteiger partial charge in [-0.2, -0.15) is 5.26 Å². The Morgan fingerprint density at radius 1 is 1.11 bits per heavy atom. The van der Waals surface area contributed by atoms with E-state index in [2.05, 4.69) is 6.07 Å². The smallest absolute Gasteiger partial charge is 0.319 e. The number of hydrogen-bond donors (Lipinski definition) is 0.